The van der Waals surface area contributed by atoms with E-state index in [1.807, 2.05) is 30.3 Å². The van der Waals surface area contributed by atoms with Crippen LogP contribution in [0.2, 0.25) is 0 Å². The Balaban J connectivity index is 1.51. The van der Waals surface area contributed by atoms with Crippen molar-refractivity contribution in [3.8, 4) is 5.75 Å². The van der Waals surface area contributed by atoms with E-state index in [1.165, 1.54) is 36.0 Å². The molecule has 3 aromatic rings. The molecule has 2 N–H and O–H groups in total. The molecule has 0 spiro atoms. The van der Waals surface area contributed by atoms with E-state index in [2.05, 4.69) is 21.2 Å². The molecule has 0 saturated carbocycles. The van der Waals surface area contributed by atoms with Crippen molar-refractivity contribution in [1.82, 2.24) is 25.8 Å². The van der Waals surface area contributed by atoms with Crippen LogP contribution in [0, 0.1) is 5.82 Å². The molecular weight excluding hydrogens is 365 g/mol. The van der Waals surface area contributed by atoms with Gasteiger partial charge in [0.05, 0.1) is 12.7 Å². The molecule has 1 aromatic heterocycles. The van der Waals surface area contributed by atoms with E-state index >= 15 is 0 Å². The number of hydrogen-bond donors (Lipinski definition) is 2. The number of nitrogens with one attached hydrogen (secondary N) is 2. The maximum Gasteiger partial charge on any atom is 0.291 e. The Morgan fingerprint density at radius 1 is 1.11 bits per heavy atom. The predicted molar refractivity (Wildman–Crippen MR) is 97.7 cm³/mol. The number of aromatic nitrogens is 3. The van der Waals surface area contributed by atoms with Gasteiger partial charge in [0.2, 0.25) is 0 Å². The van der Waals surface area contributed by atoms with Gasteiger partial charge in [-0.1, -0.05) is 47.7 Å². The molecule has 28 heavy (non-hydrogen) atoms. The third-order valence-corrected chi connectivity index (χ3v) is 3.77. The first-order chi connectivity index (χ1) is 13.5. The minimum absolute atomic E-state index is 0.0407. The normalized spacial score (nSPS) is 11.5. The summed E-state index contributed by atoms with van der Waals surface area (Å²) < 4.78 is 20.3. The number of carbonyl (C=O) groups excluding carboxylic acids is 2. The number of hydrazine groups is 1. The van der Waals surface area contributed by atoms with Crippen molar-refractivity contribution in [3.63, 3.8) is 0 Å². The van der Waals surface area contributed by atoms with Crippen LogP contribution in [-0.2, 0) is 11.3 Å². The van der Waals surface area contributed by atoms with Crippen molar-refractivity contribution >= 4 is 11.8 Å². The maximum atomic E-state index is 13.6. The zero-order chi connectivity index (χ0) is 19.9. The summed E-state index contributed by atoms with van der Waals surface area (Å²) >= 11 is 0. The number of benzene rings is 2. The SMILES string of the molecule is C[C@H](Oc1ccccc1F)C(=O)NNC(=O)c1cn(Cc2ccccc2)nn1. The molecule has 1 atom stereocenters. The molecule has 0 aliphatic heterocycles. The van der Waals surface area contributed by atoms with E-state index in [1.54, 1.807) is 6.07 Å². The van der Waals surface area contributed by atoms with E-state index in [4.69, 9.17) is 4.74 Å². The van der Waals surface area contributed by atoms with Crippen molar-refractivity contribution in [2.45, 2.75) is 19.6 Å². The fourth-order valence-corrected chi connectivity index (χ4v) is 2.32. The highest BCUT2D eigenvalue weighted by Crippen LogP contribution is 2.16. The Bertz CT molecular complexity index is 961. The summed E-state index contributed by atoms with van der Waals surface area (Å²) in [6.45, 7) is 1.89. The molecule has 0 fully saturated rings. The van der Waals surface area contributed by atoms with Gasteiger partial charge < -0.3 is 4.74 Å². The van der Waals surface area contributed by atoms with Crippen LogP contribution >= 0.6 is 0 Å². The number of para-hydroxylation sites is 1. The first-order valence-electron chi connectivity index (χ1n) is 8.48. The van der Waals surface area contributed by atoms with Crippen LogP contribution in [-0.4, -0.2) is 32.9 Å². The highest BCUT2D eigenvalue weighted by atomic mass is 19.1. The number of halogens is 1. The largest absolute Gasteiger partial charge is 0.478 e. The minimum atomic E-state index is -1.02. The van der Waals surface area contributed by atoms with E-state index in [0.29, 0.717) is 6.54 Å². The lowest BCUT2D eigenvalue weighted by Crippen LogP contribution is -2.47. The summed E-state index contributed by atoms with van der Waals surface area (Å²) in [6, 6.07) is 15.3. The Morgan fingerprint density at radius 3 is 2.57 bits per heavy atom. The number of nitrogens with zero attached hydrogens (tertiary/aromatic N) is 3. The van der Waals surface area contributed by atoms with E-state index in [0.717, 1.165) is 5.56 Å². The third-order valence-electron chi connectivity index (χ3n) is 3.77. The minimum Gasteiger partial charge on any atom is -0.478 e. The topological polar surface area (TPSA) is 98.1 Å². The Morgan fingerprint density at radius 2 is 1.82 bits per heavy atom. The Labute approximate surface area is 160 Å². The second-order valence-corrected chi connectivity index (χ2v) is 5.92. The van der Waals surface area contributed by atoms with Crippen molar-refractivity contribution in [3.05, 3.63) is 77.9 Å². The van der Waals surface area contributed by atoms with Gasteiger partial charge in [-0.25, -0.2) is 9.07 Å². The first-order valence-corrected chi connectivity index (χ1v) is 8.48. The predicted octanol–water partition coefficient (Wildman–Crippen LogP) is 1.69. The standard InChI is InChI=1S/C19H18FN5O3/c1-13(28-17-10-6-5-9-15(17)20)18(26)22-23-19(27)16-12-25(24-21-16)11-14-7-3-2-4-8-14/h2-10,12-13H,11H2,1H3,(H,22,26)(H,23,27)/t13-/m0/s1. The summed E-state index contributed by atoms with van der Waals surface area (Å²) in [6.07, 6.45) is 0.444. The lowest BCUT2D eigenvalue weighted by atomic mass is 10.2. The molecule has 8 nitrogen and oxygen atoms in total. The van der Waals surface area contributed by atoms with Gasteiger partial charge in [-0.05, 0) is 24.6 Å². The van der Waals surface area contributed by atoms with E-state index in [-0.39, 0.29) is 11.4 Å². The van der Waals surface area contributed by atoms with Gasteiger partial charge in [-0.2, -0.15) is 0 Å². The fraction of sp³-hybridized carbons (Fsp3) is 0.158. The molecule has 0 aliphatic rings. The highest BCUT2D eigenvalue weighted by Gasteiger charge is 2.18. The van der Waals surface area contributed by atoms with Gasteiger partial charge in [0.1, 0.15) is 0 Å². The average molecular weight is 383 g/mol. The maximum absolute atomic E-state index is 13.6. The summed E-state index contributed by atoms with van der Waals surface area (Å²) in [5.74, 6) is -1.92. The first kappa shape index (κ1) is 19.0. The smallest absolute Gasteiger partial charge is 0.291 e. The fourth-order valence-electron chi connectivity index (χ4n) is 2.32. The van der Waals surface area contributed by atoms with Crippen molar-refractivity contribution in [2.24, 2.45) is 0 Å². The van der Waals surface area contributed by atoms with Gasteiger partial charge in [0.25, 0.3) is 11.8 Å². The van der Waals surface area contributed by atoms with E-state index < -0.39 is 23.7 Å². The summed E-state index contributed by atoms with van der Waals surface area (Å²) in [4.78, 5) is 24.1. The molecule has 144 valence electrons. The molecule has 0 saturated heterocycles. The Kier molecular flexibility index (Phi) is 5.95. The van der Waals surface area contributed by atoms with Crippen LogP contribution in [0.25, 0.3) is 0 Å². The van der Waals surface area contributed by atoms with Gasteiger partial charge >= 0.3 is 0 Å². The number of ether oxygens (including phenoxy) is 1. The van der Waals surface area contributed by atoms with Crippen molar-refractivity contribution in [1.29, 1.82) is 0 Å². The zero-order valence-corrected chi connectivity index (χ0v) is 15.0. The van der Waals surface area contributed by atoms with Crippen molar-refractivity contribution < 1.29 is 18.7 Å². The molecule has 0 bridgehead atoms. The molecule has 1 heterocycles. The zero-order valence-electron chi connectivity index (χ0n) is 15.0. The summed E-state index contributed by atoms with van der Waals surface area (Å²) in [7, 11) is 0. The second kappa shape index (κ2) is 8.76. The van der Waals surface area contributed by atoms with E-state index in [9.17, 15) is 14.0 Å². The van der Waals surface area contributed by atoms with Crippen LogP contribution in [0.15, 0.2) is 60.8 Å². The molecule has 0 radical (unpaired) electrons. The lowest BCUT2D eigenvalue weighted by molar-refractivity contribution is -0.128. The monoisotopic (exact) mass is 383 g/mol. The highest BCUT2D eigenvalue weighted by molar-refractivity contribution is 5.93. The number of rotatable bonds is 6. The number of hydrogen-bond acceptors (Lipinski definition) is 5. The lowest BCUT2D eigenvalue weighted by Gasteiger charge is -2.15. The van der Waals surface area contributed by atoms with Gasteiger partial charge in [-0.15, -0.1) is 5.10 Å². The number of carbonyl (C=O) groups is 2. The van der Waals surface area contributed by atoms with Gasteiger partial charge in [-0.3, -0.25) is 20.4 Å². The average Bonchev–Trinajstić information content (AvgIpc) is 3.17. The third kappa shape index (κ3) is 4.91. The Hall–Kier alpha value is -3.75. The molecule has 2 amide bonds. The van der Waals surface area contributed by atoms with Crippen LogP contribution < -0.4 is 15.6 Å². The van der Waals surface area contributed by atoms with Crippen LogP contribution in [0.4, 0.5) is 4.39 Å². The summed E-state index contributed by atoms with van der Waals surface area (Å²) in [5, 5.41) is 7.67. The molecule has 9 heteroatoms. The quantitative estimate of drug-likeness (QED) is 0.632. The molecule has 0 aliphatic carbocycles. The summed E-state index contributed by atoms with van der Waals surface area (Å²) in [5.41, 5.74) is 5.49. The van der Waals surface area contributed by atoms with Crippen LogP contribution in [0.3, 0.4) is 0 Å². The molecule has 0 unspecified atom stereocenters. The van der Waals surface area contributed by atoms with Gasteiger partial charge in [0.15, 0.2) is 23.4 Å². The van der Waals surface area contributed by atoms with Gasteiger partial charge in [0, 0.05) is 0 Å². The van der Waals surface area contributed by atoms with Crippen molar-refractivity contribution in [2.75, 3.05) is 0 Å². The molecule has 3 rings (SSSR count). The van der Waals surface area contributed by atoms with Crippen LogP contribution in [0.5, 0.6) is 5.75 Å². The van der Waals surface area contributed by atoms with Crippen LogP contribution in [0.1, 0.15) is 23.0 Å². The molecular formula is C19H18FN5O3. The molecule has 2 aromatic carbocycles. The second-order valence-electron chi connectivity index (χ2n) is 5.92. The number of amides is 2.